The highest BCUT2D eigenvalue weighted by atomic mass is 35.5. The number of carbonyl (C=O) groups is 4. The zero-order valence-electron chi connectivity index (χ0n) is 41.4. The van der Waals surface area contributed by atoms with E-state index in [2.05, 4.69) is 25.4 Å². The van der Waals surface area contributed by atoms with Gasteiger partial charge < -0.3 is 25.4 Å². The molecule has 0 spiro atoms. The number of nitrogens with zero attached hydrogens (tertiary/aromatic N) is 6. The van der Waals surface area contributed by atoms with E-state index in [1.165, 1.54) is 11.1 Å². The topological polar surface area (TPSA) is 197 Å². The molecule has 6 aromatic rings. The van der Waals surface area contributed by atoms with Crippen molar-refractivity contribution in [2.45, 2.75) is 89.7 Å². The third kappa shape index (κ3) is 12.2. The number of H-pyrrole nitrogens is 3. The summed E-state index contributed by atoms with van der Waals surface area (Å²) >= 11 is 12.8. The Morgan fingerprint density at radius 1 is 0.763 bits per heavy atom. The molecule has 3 aromatic heterocycles. The molecule has 7 heterocycles. The van der Waals surface area contributed by atoms with Gasteiger partial charge in [-0.2, -0.15) is 36.5 Å². The average Bonchev–Trinajstić information content (AvgIpc) is 4.02. The summed E-state index contributed by atoms with van der Waals surface area (Å²) in [6, 6.07) is 13.0. The molecule has 10 rings (SSSR count). The Bertz CT molecular complexity index is 3270. The van der Waals surface area contributed by atoms with E-state index < -0.39 is 43.2 Å². The number of fused-ring (bicyclic) bond motifs is 7. The van der Waals surface area contributed by atoms with Gasteiger partial charge in [-0.05, 0) is 115 Å². The molecule has 4 amide bonds. The van der Waals surface area contributed by atoms with Crippen molar-refractivity contribution in [3.05, 3.63) is 115 Å². The molecule has 76 heavy (non-hydrogen) atoms. The van der Waals surface area contributed by atoms with Gasteiger partial charge in [0.2, 0.25) is 23.6 Å². The molecule has 5 N–H and O–H groups in total. The largest absolute Gasteiger partial charge is 0.406 e. The van der Waals surface area contributed by atoms with Gasteiger partial charge in [0.1, 0.15) is 6.54 Å². The molecule has 0 saturated carbocycles. The van der Waals surface area contributed by atoms with Crippen LogP contribution in [0.5, 0.6) is 0 Å². The van der Waals surface area contributed by atoms with Crippen molar-refractivity contribution < 1.29 is 45.5 Å². The lowest BCUT2D eigenvalue weighted by Gasteiger charge is -2.33. The number of piperidine rings is 2. The molecule has 4 aliphatic heterocycles. The Morgan fingerprint density at radius 3 is 1.92 bits per heavy atom. The van der Waals surface area contributed by atoms with Crippen molar-refractivity contribution in [1.82, 2.24) is 45.0 Å². The van der Waals surface area contributed by atoms with Crippen LogP contribution in [0.2, 0.25) is 10.0 Å². The molecule has 3 aromatic carbocycles. The number of nitrogens with one attached hydrogen (secondary N) is 3. The molecule has 2 saturated heterocycles. The lowest BCUT2D eigenvalue weighted by Crippen LogP contribution is -2.44. The number of benzene rings is 3. The second kappa shape index (κ2) is 22.3. The highest BCUT2D eigenvalue weighted by Gasteiger charge is 2.41. The molecule has 404 valence electrons. The first-order valence-electron chi connectivity index (χ1n) is 25.2. The number of amides is 4. The molecule has 0 radical (unpaired) electrons. The maximum absolute atomic E-state index is 13.5. The maximum Gasteiger partial charge on any atom is 0.406 e. The van der Waals surface area contributed by atoms with Gasteiger partial charge in [0.15, 0.2) is 0 Å². The van der Waals surface area contributed by atoms with Crippen molar-refractivity contribution in [3.8, 4) is 0 Å². The Hall–Kier alpha value is -6.45. The fraction of sp³-hybridized carbons (Fsp3) is 0.453. The predicted molar refractivity (Wildman–Crippen MR) is 274 cm³/mol. The number of likely N-dealkylation sites (tertiary alicyclic amines) is 2. The van der Waals surface area contributed by atoms with Gasteiger partial charge in [-0.25, -0.2) is 0 Å². The van der Waals surface area contributed by atoms with E-state index in [0.29, 0.717) is 107 Å². The van der Waals surface area contributed by atoms with Crippen molar-refractivity contribution in [3.63, 3.8) is 0 Å². The van der Waals surface area contributed by atoms with Crippen LogP contribution in [0.15, 0.2) is 71.3 Å². The Morgan fingerprint density at radius 2 is 1.33 bits per heavy atom. The van der Waals surface area contributed by atoms with Crippen molar-refractivity contribution in [2.75, 3.05) is 45.8 Å². The standard InChI is InChI=1S/C29H29ClF3N5O2.C24H27ClF3N5O3/c30-24-12-20-9-17(14-37(16-29(31,32)33)15-23(20)22-13-34-36-27(22)24)10-26(39)38-7-5-18(6-8-38)21-11-19-3-1-2-4-25(19)35-28(21)40;1-2-16(22(29)35)13-3-5-32(6-4-13)20(34)9-15-7-14-8-19(25)21-17(10-30-31-21)18(14)11-33(23(15)36)12-24(26,27)28/h1-4,11-13,17-18H,5-10,14-16H2,(H,34,36)(H,35,40);2,8,10,13,15H,3-7,9,11-12H2,1H3,(H2,29,35)(H,30,31)/b;16-2-/t17-;15-/m00/s1. The number of aromatic nitrogens is 5. The lowest BCUT2D eigenvalue weighted by atomic mass is 9.87. The Balaban J connectivity index is 0.000000187. The predicted octanol–water partition coefficient (Wildman–Crippen LogP) is 8.73. The minimum atomic E-state index is -4.59. The summed E-state index contributed by atoms with van der Waals surface area (Å²) in [5.41, 5.74) is 11.3. The molecule has 0 unspecified atom stereocenters. The number of primary amides is 1. The molecule has 0 aliphatic carbocycles. The second-order valence-corrected chi connectivity index (χ2v) is 21.2. The summed E-state index contributed by atoms with van der Waals surface area (Å²) in [7, 11) is 0. The number of alkyl halides is 6. The molecular weight excluding hydrogens is 1040 g/mol. The summed E-state index contributed by atoms with van der Waals surface area (Å²) < 4.78 is 80.5. The quantitative estimate of drug-likeness (QED) is 0.0814. The number of hydrogen-bond acceptors (Lipinski definition) is 8. The van der Waals surface area contributed by atoms with Crippen LogP contribution >= 0.6 is 23.2 Å². The van der Waals surface area contributed by atoms with E-state index in [4.69, 9.17) is 28.9 Å². The lowest BCUT2D eigenvalue weighted by molar-refractivity contribution is -0.165. The molecule has 2 atom stereocenters. The molecule has 15 nitrogen and oxygen atoms in total. The van der Waals surface area contributed by atoms with Gasteiger partial charge in [0, 0.05) is 86.1 Å². The minimum absolute atomic E-state index is 0.0453. The summed E-state index contributed by atoms with van der Waals surface area (Å²) in [5, 5.41) is 16.6. The number of halogens is 8. The number of nitrogens with two attached hydrogens (primary N) is 1. The third-order valence-electron chi connectivity index (χ3n) is 15.3. The first-order chi connectivity index (χ1) is 36.1. The number of aromatic amines is 3. The number of pyridine rings is 1. The van der Waals surface area contributed by atoms with Gasteiger partial charge >= 0.3 is 12.4 Å². The van der Waals surface area contributed by atoms with Crippen LogP contribution in [0.25, 0.3) is 32.7 Å². The van der Waals surface area contributed by atoms with E-state index in [0.717, 1.165) is 32.5 Å². The van der Waals surface area contributed by atoms with Crippen LogP contribution in [0.1, 0.15) is 79.2 Å². The van der Waals surface area contributed by atoms with Crippen molar-refractivity contribution in [1.29, 1.82) is 0 Å². The molecule has 2 fully saturated rings. The van der Waals surface area contributed by atoms with Gasteiger partial charge in [-0.15, -0.1) is 0 Å². The van der Waals surface area contributed by atoms with Crippen LogP contribution in [-0.4, -0.2) is 127 Å². The fourth-order valence-electron chi connectivity index (χ4n) is 11.7. The minimum Gasteiger partial charge on any atom is -0.366 e. The number of carbonyl (C=O) groups excluding carboxylic acids is 4. The number of rotatable bonds is 9. The first-order valence-corrected chi connectivity index (χ1v) is 25.9. The number of hydrogen-bond donors (Lipinski definition) is 4. The SMILES string of the molecule is C/C=C(\C(N)=O)C1CCN(C(=O)C[C@@H]2Cc3cc(Cl)c4[nH]ncc4c3CN(CC(F)(F)F)C2=O)CC1.O=C(C[C@@H]1Cc2cc(Cl)c3[nH]ncc3c2CN(CC(F)(F)F)C1)N1CCC(c2cc3ccccc3[nH]c2=O)CC1. The van der Waals surface area contributed by atoms with E-state index in [9.17, 15) is 50.3 Å². The zero-order valence-corrected chi connectivity index (χ0v) is 42.9. The van der Waals surface area contributed by atoms with Crippen LogP contribution in [-0.2, 0) is 45.1 Å². The Labute approximate surface area is 442 Å². The highest BCUT2D eigenvalue weighted by Crippen LogP contribution is 2.38. The highest BCUT2D eigenvalue weighted by molar-refractivity contribution is 6.35. The van der Waals surface area contributed by atoms with Gasteiger partial charge in [0.25, 0.3) is 5.56 Å². The normalized spacial score (nSPS) is 19.6. The van der Waals surface area contributed by atoms with Gasteiger partial charge in [-0.3, -0.25) is 39.1 Å². The van der Waals surface area contributed by atoms with E-state index in [1.807, 2.05) is 30.3 Å². The first kappa shape index (κ1) is 54.3. The molecule has 4 aliphatic rings. The summed E-state index contributed by atoms with van der Waals surface area (Å²) in [6.45, 7) is 1.05. The van der Waals surface area contributed by atoms with E-state index in [-0.39, 0.29) is 74.0 Å². The van der Waals surface area contributed by atoms with E-state index in [1.54, 1.807) is 41.1 Å². The van der Waals surface area contributed by atoms with E-state index >= 15 is 0 Å². The summed E-state index contributed by atoms with van der Waals surface area (Å²) in [6.07, 6.45) is -1.29. The van der Waals surface area contributed by atoms with Crippen molar-refractivity contribution in [2.24, 2.45) is 23.5 Å². The summed E-state index contributed by atoms with van der Waals surface area (Å²) in [5.74, 6) is -2.84. The van der Waals surface area contributed by atoms with Crippen LogP contribution in [0.3, 0.4) is 0 Å². The average molecular weight is 1100 g/mol. The van der Waals surface area contributed by atoms with Crippen LogP contribution in [0, 0.1) is 17.8 Å². The number of allylic oxidation sites excluding steroid dienone is 1. The number of para-hydroxylation sites is 1. The fourth-order valence-corrected chi connectivity index (χ4v) is 12.2. The molecule has 0 bridgehead atoms. The molecular formula is C53H56Cl2F6N10O5. The monoisotopic (exact) mass is 1100 g/mol. The zero-order chi connectivity index (χ0) is 54.2. The van der Waals surface area contributed by atoms with Crippen molar-refractivity contribution >= 4 is 79.5 Å². The van der Waals surface area contributed by atoms with Gasteiger partial charge in [0.05, 0.1) is 45.9 Å². The maximum atomic E-state index is 13.5. The van der Waals surface area contributed by atoms with Crippen LogP contribution in [0.4, 0.5) is 26.3 Å². The smallest absolute Gasteiger partial charge is 0.366 e. The Kier molecular flexibility index (Phi) is 15.9. The van der Waals surface area contributed by atoms with Crippen LogP contribution < -0.4 is 11.3 Å². The molecule has 23 heteroatoms. The second-order valence-electron chi connectivity index (χ2n) is 20.3. The van der Waals surface area contributed by atoms with Gasteiger partial charge in [-0.1, -0.05) is 47.5 Å². The third-order valence-corrected chi connectivity index (χ3v) is 15.9. The summed E-state index contributed by atoms with van der Waals surface area (Å²) in [4.78, 5) is 72.6.